The van der Waals surface area contributed by atoms with E-state index in [1.54, 1.807) is 19.2 Å². The summed E-state index contributed by atoms with van der Waals surface area (Å²) in [5.41, 5.74) is 1.76. The molecule has 2 aromatic rings. The molecule has 0 aliphatic rings. The van der Waals surface area contributed by atoms with Crippen molar-refractivity contribution in [3.05, 3.63) is 54.3 Å². The molecule has 75 valence electrons. The summed E-state index contributed by atoms with van der Waals surface area (Å²) in [7, 11) is 1.58. The Bertz CT molecular complexity index is 466. The van der Waals surface area contributed by atoms with Crippen molar-refractivity contribution < 1.29 is 9.13 Å². The lowest BCUT2D eigenvalue weighted by Crippen LogP contribution is -1.84. The van der Waals surface area contributed by atoms with Crippen LogP contribution in [0.4, 0.5) is 4.39 Å². The highest BCUT2D eigenvalue weighted by Gasteiger charge is 2.00. The van der Waals surface area contributed by atoms with Crippen molar-refractivity contribution in [2.75, 3.05) is 7.11 Å². The van der Waals surface area contributed by atoms with Gasteiger partial charge in [0.05, 0.1) is 7.11 Å². The first-order valence-corrected chi connectivity index (χ1v) is 4.61. The zero-order valence-corrected chi connectivity index (χ0v) is 8.33. The van der Waals surface area contributed by atoms with Gasteiger partial charge in [-0.1, -0.05) is 18.2 Å². The Morgan fingerprint density at radius 3 is 2.67 bits per heavy atom. The maximum absolute atomic E-state index is 13.0. The molecule has 2 aromatic carbocycles. The maximum atomic E-state index is 13.0. The van der Waals surface area contributed by atoms with Gasteiger partial charge in [-0.15, -0.1) is 0 Å². The molecule has 2 rings (SSSR count). The van der Waals surface area contributed by atoms with Crippen LogP contribution in [0, 0.1) is 11.9 Å². The number of methoxy groups -OCH3 is 1. The summed E-state index contributed by atoms with van der Waals surface area (Å²) in [6.45, 7) is 0. The number of hydrogen-bond donors (Lipinski definition) is 0. The summed E-state index contributed by atoms with van der Waals surface area (Å²) in [6.07, 6.45) is 0. The lowest BCUT2D eigenvalue weighted by molar-refractivity contribution is 0.414. The SMILES string of the molecule is COc1[c]ccc(-c2cccc(F)c2)c1. The summed E-state index contributed by atoms with van der Waals surface area (Å²) < 4.78 is 18.1. The van der Waals surface area contributed by atoms with E-state index in [9.17, 15) is 4.39 Å². The second-order valence-electron chi connectivity index (χ2n) is 3.16. The summed E-state index contributed by atoms with van der Waals surface area (Å²) >= 11 is 0. The van der Waals surface area contributed by atoms with Gasteiger partial charge < -0.3 is 4.74 Å². The number of rotatable bonds is 2. The van der Waals surface area contributed by atoms with E-state index in [-0.39, 0.29) is 5.82 Å². The smallest absolute Gasteiger partial charge is 0.127 e. The van der Waals surface area contributed by atoms with Crippen LogP contribution in [-0.4, -0.2) is 7.11 Å². The Kier molecular flexibility index (Phi) is 2.68. The monoisotopic (exact) mass is 201 g/mol. The van der Waals surface area contributed by atoms with Gasteiger partial charge in [0.25, 0.3) is 0 Å². The number of hydrogen-bond acceptors (Lipinski definition) is 1. The van der Waals surface area contributed by atoms with Gasteiger partial charge in [-0.05, 0) is 35.4 Å². The van der Waals surface area contributed by atoms with Crippen LogP contribution >= 0.6 is 0 Å². The average molecular weight is 201 g/mol. The maximum Gasteiger partial charge on any atom is 0.127 e. The fourth-order valence-corrected chi connectivity index (χ4v) is 1.41. The first-order valence-electron chi connectivity index (χ1n) is 4.61. The van der Waals surface area contributed by atoms with Gasteiger partial charge in [-0.2, -0.15) is 0 Å². The molecule has 0 aromatic heterocycles. The van der Waals surface area contributed by atoms with Crippen molar-refractivity contribution in [2.45, 2.75) is 0 Å². The molecular formula is C13H10FO. The fourth-order valence-electron chi connectivity index (χ4n) is 1.41. The van der Waals surface area contributed by atoms with Crippen LogP contribution in [0.15, 0.2) is 42.5 Å². The van der Waals surface area contributed by atoms with Crippen molar-refractivity contribution in [2.24, 2.45) is 0 Å². The van der Waals surface area contributed by atoms with E-state index in [2.05, 4.69) is 6.07 Å². The van der Waals surface area contributed by atoms with Gasteiger partial charge in [0.15, 0.2) is 0 Å². The van der Waals surface area contributed by atoms with E-state index in [4.69, 9.17) is 4.74 Å². The van der Waals surface area contributed by atoms with Crippen LogP contribution in [0.5, 0.6) is 5.75 Å². The fraction of sp³-hybridized carbons (Fsp3) is 0.0769. The Hall–Kier alpha value is -1.83. The molecule has 0 heterocycles. The first kappa shape index (κ1) is 9.71. The van der Waals surface area contributed by atoms with Gasteiger partial charge in [0.2, 0.25) is 0 Å². The highest BCUT2D eigenvalue weighted by molar-refractivity contribution is 5.64. The molecular weight excluding hydrogens is 191 g/mol. The molecule has 0 bridgehead atoms. The molecule has 2 heteroatoms. The van der Waals surface area contributed by atoms with Crippen LogP contribution in [0.3, 0.4) is 0 Å². The van der Waals surface area contributed by atoms with E-state index >= 15 is 0 Å². The number of halogens is 1. The normalized spacial score (nSPS) is 10.0. The number of benzene rings is 2. The lowest BCUT2D eigenvalue weighted by Gasteiger charge is -2.04. The summed E-state index contributed by atoms with van der Waals surface area (Å²) in [5.74, 6) is 0.413. The van der Waals surface area contributed by atoms with E-state index in [0.717, 1.165) is 11.1 Å². The minimum Gasteiger partial charge on any atom is -0.496 e. The van der Waals surface area contributed by atoms with Crippen LogP contribution in [-0.2, 0) is 0 Å². The van der Waals surface area contributed by atoms with Crippen molar-refractivity contribution in [1.82, 2.24) is 0 Å². The lowest BCUT2D eigenvalue weighted by atomic mass is 10.1. The molecule has 1 radical (unpaired) electrons. The third-order valence-corrected chi connectivity index (χ3v) is 2.15. The largest absolute Gasteiger partial charge is 0.496 e. The second kappa shape index (κ2) is 4.13. The van der Waals surface area contributed by atoms with Crippen molar-refractivity contribution >= 4 is 0 Å². The third-order valence-electron chi connectivity index (χ3n) is 2.15. The predicted molar refractivity (Wildman–Crippen MR) is 57.2 cm³/mol. The summed E-state index contributed by atoms with van der Waals surface area (Å²) in [6, 6.07) is 14.9. The van der Waals surface area contributed by atoms with E-state index in [1.165, 1.54) is 12.1 Å². The molecule has 0 fully saturated rings. The Balaban J connectivity index is 2.44. The minimum absolute atomic E-state index is 0.237. The van der Waals surface area contributed by atoms with Gasteiger partial charge in [0.1, 0.15) is 11.6 Å². The van der Waals surface area contributed by atoms with Gasteiger partial charge in [-0.25, -0.2) is 4.39 Å². The van der Waals surface area contributed by atoms with Crippen LogP contribution in [0.1, 0.15) is 0 Å². The molecule has 0 atom stereocenters. The van der Waals surface area contributed by atoms with E-state index < -0.39 is 0 Å². The molecule has 0 amide bonds. The van der Waals surface area contributed by atoms with E-state index in [1.807, 2.05) is 18.2 Å². The molecule has 0 spiro atoms. The van der Waals surface area contributed by atoms with E-state index in [0.29, 0.717) is 5.75 Å². The third kappa shape index (κ3) is 2.15. The molecule has 0 saturated heterocycles. The molecule has 0 saturated carbocycles. The second-order valence-corrected chi connectivity index (χ2v) is 3.16. The molecule has 0 aliphatic heterocycles. The van der Waals surface area contributed by atoms with Crippen molar-refractivity contribution in [3.8, 4) is 16.9 Å². The molecule has 0 N–H and O–H groups in total. The van der Waals surface area contributed by atoms with Crippen LogP contribution < -0.4 is 4.74 Å². The van der Waals surface area contributed by atoms with Crippen molar-refractivity contribution in [3.63, 3.8) is 0 Å². The Labute approximate surface area is 88.1 Å². The quantitative estimate of drug-likeness (QED) is 0.724. The van der Waals surface area contributed by atoms with Crippen LogP contribution in [0.25, 0.3) is 11.1 Å². The van der Waals surface area contributed by atoms with Crippen LogP contribution in [0.2, 0.25) is 0 Å². The first-order chi connectivity index (χ1) is 7.29. The van der Waals surface area contributed by atoms with Crippen molar-refractivity contribution in [1.29, 1.82) is 0 Å². The van der Waals surface area contributed by atoms with Gasteiger partial charge in [0, 0.05) is 6.07 Å². The summed E-state index contributed by atoms with van der Waals surface area (Å²) in [4.78, 5) is 0. The Morgan fingerprint density at radius 2 is 1.93 bits per heavy atom. The summed E-state index contributed by atoms with van der Waals surface area (Å²) in [5, 5.41) is 0. The van der Waals surface area contributed by atoms with Gasteiger partial charge >= 0.3 is 0 Å². The highest BCUT2D eigenvalue weighted by atomic mass is 19.1. The molecule has 15 heavy (non-hydrogen) atoms. The zero-order chi connectivity index (χ0) is 10.7. The Morgan fingerprint density at radius 1 is 1.13 bits per heavy atom. The average Bonchev–Trinajstić information content (AvgIpc) is 2.29. The standard InChI is InChI=1S/C13H10FO/c1-15-13-7-3-5-11(9-13)10-4-2-6-12(14)8-10/h2-6,8-9H,1H3. The molecule has 0 aliphatic carbocycles. The topological polar surface area (TPSA) is 9.23 Å². The van der Waals surface area contributed by atoms with Gasteiger partial charge in [-0.3, -0.25) is 0 Å². The predicted octanol–water partition coefficient (Wildman–Crippen LogP) is 3.30. The molecule has 1 nitrogen and oxygen atoms in total. The zero-order valence-electron chi connectivity index (χ0n) is 8.33. The highest BCUT2D eigenvalue weighted by Crippen LogP contribution is 2.23. The molecule has 0 unspecified atom stereocenters. The number of ether oxygens (including phenoxy) is 1. The minimum atomic E-state index is -0.237.